The highest BCUT2D eigenvalue weighted by atomic mass is 32.2. The quantitative estimate of drug-likeness (QED) is 0.790. The molecule has 0 saturated carbocycles. The molecule has 0 bridgehead atoms. The zero-order valence-electron chi connectivity index (χ0n) is 12.9. The smallest absolute Gasteiger partial charge is 0.303 e. The lowest BCUT2D eigenvalue weighted by Gasteiger charge is -2.12. The van der Waals surface area contributed by atoms with Crippen molar-refractivity contribution in [1.82, 2.24) is 5.32 Å². The molecule has 0 aromatic heterocycles. The summed E-state index contributed by atoms with van der Waals surface area (Å²) in [5.41, 5.74) is 0.915. The van der Waals surface area contributed by atoms with E-state index in [2.05, 4.69) is 5.32 Å². The van der Waals surface area contributed by atoms with E-state index in [9.17, 15) is 18.0 Å². The molecule has 1 unspecified atom stereocenters. The molecule has 22 heavy (non-hydrogen) atoms. The fourth-order valence-electron chi connectivity index (χ4n) is 2.07. The minimum absolute atomic E-state index is 0.0381. The molecule has 1 amide bonds. The minimum atomic E-state index is -3.41. The maximum absolute atomic E-state index is 12.1. The van der Waals surface area contributed by atoms with Crippen LogP contribution >= 0.6 is 0 Å². The predicted molar refractivity (Wildman–Crippen MR) is 82.7 cm³/mol. The number of aryl methyl sites for hydroxylation is 1. The summed E-state index contributed by atoms with van der Waals surface area (Å²) in [6.07, 6.45) is 1.63. The summed E-state index contributed by atoms with van der Waals surface area (Å²) in [7, 11) is -3.41. The number of hydrogen-bond donors (Lipinski definition) is 2. The molecule has 0 heterocycles. The monoisotopic (exact) mass is 327 g/mol. The summed E-state index contributed by atoms with van der Waals surface area (Å²) in [5, 5.41) is 11.3. The lowest BCUT2D eigenvalue weighted by atomic mass is 10.1. The van der Waals surface area contributed by atoms with Crippen molar-refractivity contribution in [2.24, 2.45) is 5.92 Å². The lowest BCUT2D eigenvalue weighted by molar-refractivity contribution is -0.137. The molecular formula is C15H21NO5S. The van der Waals surface area contributed by atoms with E-state index in [1.54, 1.807) is 19.1 Å². The predicted octanol–water partition coefficient (Wildman–Crippen LogP) is 1.49. The first-order valence-electron chi connectivity index (χ1n) is 6.98. The van der Waals surface area contributed by atoms with Crippen molar-refractivity contribution in [2.45, 2.75) is 31.6 Å². The number of carbonyl (C=O) groups is 2. The molecule has 0 fully saturated rings. The van der Waals surface area contributed by atoms with Crippen LogP contribution in [0.2, 0.25) is 0 Å². The van der Waals surface area contributed by atoms with Gasteiger partial charge in [0.2, 0.25) is 0 Å². The number of rotatable bonds is 7. The highest BCUT2D eigenvalue weighted by Crippen LogP contribution is 2.18. The van der Waals surface area contributed by atoms with Crippen molar-refractivity contribution >= 4 is 21.7 Å². The van der Waals surface area contributed by atoms with E-state index < -0.39 is 21.7 Å². The van der Waals surface area contributed by atoms with Crippen molar-refractivity contribution in [2.75, 3.05) is 12.8 Å². The number of sulfone groups is 1. The molecule has 1 aromatic rings. The number of carboxylic acids is 1. The Labute approximate surface area is 130 Å². The first-order valence-corrected chi connectivity index (χ1v) is 8.87. The molecule has 0 radical (unpaired) electrons. The van der Waals surface area contributed by atoms with Gasteiger partial charge in [-0.25, -0.2) is 8.42 Å². The highest BCUT2D eigenvalue weighted by molar-refractivity contribution is 7.90. The summed E-state index contributed by atoms with van der Waals surface area (Å²) in [4.78, 5) is 22.8. The SMILES string of the molecule is CCc1ccc(C(=O)NCC(C)CC(=O)O)cc1S(C)(=O)=O. The average molecular weight is 327 g/mol. The number of benzene rings is 1. The Hall–Kier alpha value is -1.89. The van der Waals surface area contributed by atoms with Crippen LogP contribution in [0.4, 0.5) is 0 Å². The number of carboxylic acid groups (broad SMARTS) is 1. The van der Waals surface area contributed by atoms with Gasteiger partial charge in [0.15, 0.2) is 9.84 Å². The molecular weight excluding hydrogens is 306 g/mol. The third kappa shape index (κ3) is 5.14. The van der Waals surface area contributed by atoms with Crippen molar-refractivity contribution in [1.29, 1.82) is 0 Å². The third-order valence-electron chi connectivity index (χ3n) is 3.24. The van der Waals surface area contributed by atoms with Crippen LogP contribution < -0.4 is 5.32 Å². The van der Waals surface area contributed by atoms with Crippen molar-refractivity contribution in [3.8, 4) is 0 Å². The van der Waals surface area contributed by atoms with Crippen LogP contribution in [-0.2, 0) is 21.1 Å². The normalized spacial score (nSPS) is 12.7. The van der Waals surface area contributed by atoms with Gasteiger partial charge in [0.05, 0.1) is 4.90 Å². The van der Waals surface area contributed by atoms with Crippen molar-refractivity contribution < 1.29 is 23.1 Å². The van der Waals surface area contributed by atoms with Gasteiger partial charge in [-0.1, -0.05) is 19.9 Å². The van der Waals surface area contributed by atoms with E-state index in [0.717, 1.165) is 6.26 Å². The van der Waals surface area contributed by atoms with E-state index in [1.807, 2.05) is 6.92 Å². The summed E-state index contributed by atoms with van der Waals surface area (Å²) in [6, 6.07) is 4.57. The van der Waals surface area contributed by atoms with Crippen LogP contribution in [-0.4, -0.2) is 38.2 Å². The largest absolute Gasteiger partial charge is 0.481 e. The van der Waals surface area contributed by atoms with Gasteiger partial charge in [-0.2, -0.15) is 0 Å². The topological polar surface area (TPSA) is 101 Å². The lowest BCUT2D eigenvalue weighted by Crippen LogP contribution is -2.29. The van der Waals surface area contributed by atoms with Crippen LogP contribution in [0.25, 0.3) is 0 Å². The fourth-order valence-corrected chi connectivity index (χ4v) is 3.10. The Bertz CT molecular complexity index is 667. The van der Waals surface area contributed by atoms with Crippen LogP contribution in [0, 0.1) is 5.92 Å². The van der Waals surface area contributed by atoms with Crippen LogP contribution in [0.15, 0.2) is 23.1 Å². The first-order chi connectivity index (χ1) is 10.1. The minimum Gasteiger partial charge on any atom is -0.481 e. The second-order valence-corrected chi connectivity index (χ2v) is 7.35. The van der Waals surface area contributed by atoms with Gasteiger partial charge in [-0.15, -0.1) is 0 Å². The number of nitrogens with one attached hydrogen (secondary N) is 1. The Morgan fingerprint density at radius 2 is 1.95 bits per heavy atom. The Kier molecular flexibility index (Phi) is 6.11. The molecule has 0 aliphatic rings. The molecule has 2 N–H and O–H groups in total. The summed E-state index contributed by atoms with van der Waals surface area (Å²) in [5.74, 6) is -1.54. The summed E-state index contributed by atoms with van der Waals surface area (Å²) < 4.78 is 23.6. The van der Waals surface area contributed by atoms with Gasteiger partial charge in [0.25, 0.3) is 5.91 Å². The summed E-state index contributed by atoms with van der Waals surface area (Å²) >= 11 is 0. The number of carbonyl (C=O) groups excluding carboxylic acids is 1. The molecule has 0 aliphatic carbocycles. The van der Waals surface area contributed by atoms with Gasteiger partial charge < -0.3 is 10.4 Å². The van der Waals surface area contributed by atoms with Crippen LogP contribution in [0.1, 0.15) is 36.2 Å². The Morgan fingerprint density at radius 3 is 2.45 bits per heavy atom. The van der Waals surface area contributed by atoms with E-state index in [1.165, 1.54) is 6.07 Å². The maximum Gasteiger partial charge on any atom is 0.303 e. The maximum atomic E-state index is 12.1. The second kappa shape index (κ2) is 7.40. The average Bonchev–Trinajstić information content (AvgIpc) is 2.42. The van der Waals surface area contributed by atoms with Gasteiger partial charge in [-0.05, 0) is 30.0 Å². The van der Waals surface area contributed by atoms with Crippen LogP contribution in [0.3, 0.4) is 0 Å². The van der Waals surface area contributed by atoms with Crippen molar-refractivity contribution in [3.05, 3.63) is 29.3 Å². The molecule has 0 saturated heterocycles. The van der Waals surface area contributed by atoms with E-state index >= 15 is 0 Å². The van der Waals surface area contributed by atoms with E-state index in [0.29, 0.717) is 12.0 Å². The fraction of sp³-hybridized carbons (Fsp3) is 0.467. The van der Waals surface area contributed by atoms with Crippen LogP contribution in [0.5, 0.6) is 0 Å². The molecule has 0 aliphatic heterocycles. The molecule has 0 spiro atoms. The van der Waals surface area contributed by atoms with Gasteiger partial charge in [0.1, 0.15) is 0 Å². The number of amides is 1. The Balaban J connectivity index is 2.89. The molecule has 1 aromatic carbocycles. The molecule has 7 heteroatoms. The first kappa shape index (κ1) is 18.2. The van der Waals surface area contributed by atoms with E-state index in [-0.39, 0.29) is 29.3 Å². The number of hydrogen-bond acceptors (Lipinski definition) is 4. The molecule has 122 valence electrons. The highest BCUT2D eigenvalue weighted by Gasteiger charge is 2.16. The molecule has 6 nitrogen and oxygen atoms in total. The van der Waals surface area contributed by atoms with Crippen molar-refractivity contribution in [3.63, 3.8) is 0 Å². The number of aliphatic carboxylic acids is 1. The van der Waals surface area contributed by atoms with E-state index in [4.69, 9.17) is 5.11 Å². The van der Waals surface area contributed by atoms with Gasteiger partial charge in [-0.3, -0.25) is 9.59 Å². The zero-order valence-corrected chi connectivity index (χ0v) is 13.7. The zero-order chi connectivity index (χ0) is 16.9. The second-order valence-electron chi connectivity index (χ2n) is 5.36. The standard InChI is InChI=1S/C15H21NO5S/c1-4-11-5-6-12(8-13(11)22(3,20)21)15(19)16-9-10(2)7-14(17)18/h5-6,8,10H,4,7,9H2,1-3H3,(H,16,19)(H,17,18). The molecule has 1 rings (SSSR count). The summed E-state index contributed by atoms with van der Waals surface area (Å²) in [6.45, 7) is 3.78. The molecule has 1 atom stereocenters. The van der Waals surface area contributed by atoms with Gasteiger partial charge in [0, 0.05) is 24.8 Å². The van der Waals surface area contributed by atoms with Gasteiger partial charge >= 0.3 is 5.97 Å². The third-order valence-corrected chi connectivity index (χ3v) is 4.42. The Morgan fingerprint density at radius 1 is 1.32 bits per heavy atom.